The highest BCUT2D eigenvalue weighted by Crippen LogP contribution is 2.53. The van der Waals surface area contributed by atoms with E-state index in [1.165, 1.54) is 0 Å². The topological polar surface area (TPSA) is 46.5 Å². The molecule has 1 rings (SSSR count). The molecule has 1 fully saturated rings. The minimum Gasteiger partial charge on any atom is -0.481 e. The number of hydrogen-bond donors (Lipinski definition) is 1. The van der Waals surface area contributed by atoms with Gasteiger partial charge in [0.2, 0.25) is 0 Å². The van der Waals surface area contributed by atoms with Gasteiger partial charge in [0.05, 0.1) is 12.0 Å². The SMILES string of the molecule is COC1C(C(=O)O)C1(C)C. The smallest absolute Gasteiger partial charge is 0.309 e. The summed E-state index contributed by atoms with van der Waals surface area (Å²) in [6.45, 7) is 3.81. The van der Waals surface area contributed by atoms with Crippen molar-refractivity contribution in [2.24, 2.45) is 11.3 Å². The van der Waals surface area contributed by atoms with E-state index in [4.69, 9.17) is 9.84 Å². The van der Waals surface area contributed by atoms with Crippen LogP contribution in [-0.4, -0.2) is 24.3 Å². The van der Waals surface area contributed by atoms with Gasteiger partial charge in [-0.15, -0.1) is 0 Å². The first kappa shape index (κ1) is 7.54. The van der Waals surface area contributed by atoms with Gasteiger partial charge in [-0.25, -0.2) is 0 Å². The maximum atomic E-state index is 10.5. The lowest BCUT2D eigenvalue weighted by Crippen LogP contribution is -2.03. The van der Waals surface area contributed by atoms with Crippen molar-refractivity contribution in [2.45, 2.75) is 20.0 Å². The minimum atomic E-state index is -0.753. The Balaban J connectivity index is 2.61. The molecule has 58 valence electrons. The molecule has 0 heterocycles. The lowest BCUT2D eigenvalue weighted by Gasteiger charge is -1.96. The van der Waals surface area contributed by atoms with E-state index in [2.05, 4.69) is 0 Å². The molecule has 0 aliphatic heterocycles. The number of rotatable bonds is 2. The average Bonchev–Trinajstić information content (AvgIpc) is 2.33. The highest BCUT2D eigenvalue weighted by molar-refractivity contribution is 5.76. The van der Waals surface area contributed by atoms with Gasteiger partial charge in [0, 0.05) is 12.5 Å². The number of methoxy groups -OCH3 is 1. The molecule has 0 amide bonds. The van der Waals surface area contributed by atoms with Gasteiger partial charge in [0.15, 0.2) is 0 Å². The standard InChI is InChI=1S/C7H12O3/c1-7(2)4(6(8)9)5(7)10-3/h4-5H,1-3H3,(H,8,9). The highest BCUT2D eigenvalue weighted by atomic mass is 16.5. The Hall–Kier alpha value is -0.570. The van der Waals surface area contributed by atoms with E-state index in [0.29, 0.717) is 0 Å². The van der Waals surface area contributed by atoms with Crippen LogP contribution in [-0.2, 0) is 9.53 Å². The minimum absolute atomic E-state index is 0.0926. The monoisotopic (exact) mass is 144 g/mol. The third-order valence-electron chi connectivity index (χ3n) is 2.25. The average molecular weight is 144 g/mol. The van der Waals surface area contributed by atoms with Crippen LogP contribution < -0.4 is 0 Å². The van der Waals surface area contributed by atoms with Crippen molar-refractivity contribution in [3.05, 3.63) is 0 Å². The number of hydrogen-bond acceptors (Lipinski definition) is 2. The van der Waals surface area contributed by atoms with Crippen LogP contribution in [0, 0.1) is 11.3 Å². The van der Waals surface area contributed by atoms with E-state index in [1.54, 1.807) is 7.11 Å². The second-order valence-corrected chi connectivity index (χ2v) is 3.29. The Morgan fingerprint density at radius 3 is 2.20 bits per heavy atom. The number of carboxylic acid groups (broad SMARTS) is 1. The summed E-state index contributed by atoms with van der Waals surface area (Å²) in [4.78, 5) is 10.5. The number of carbonyl (C=O) groups is 1. The Morgan fingerprint density at radius 2 is 2.10 bits per heavy atom. The quantitative estimate of drug-likeness (QED) is 0.621. The summed E-state index contributed by atoms with van der Waals surface area (Å²) in [5.74, 6) is -1.06. The summed E-state index contributed by atoms with van der Waals surface area (Å²) in [6.07, 6.45) is -0.0926. The van der Waals surface area contributed by atoms with E-state index >= 15 is 0 Å². The fourth-order valence-electron chi connectivity index (χ4n) is 1.48. The Bertz CT molecular complexity index is 162. The molecule has 0 aromatic heterocycles. The van der Waals surface area contributed by atoms with Gasteiger partial charge in [0.25, 0.3) is 0 Å². The summed E-state index contributed by atoms with van der Waals surface area (Å²) in [7, 11) is 1.55. The fourth-order valence-corrected chi connectivity index (χ4v) is 1.48. The first-order valence-electron chi connectivity index (χ1n) is 3.27. The lowest BCUT2D eigenvalue weighted by molar-refractivity contribution is -0.139. The lowest BCUT2D eigenvalue weighted by atomic mass is 10.1. The van der Waals surface area contributed by atoms with Crippen molar-refractivity contribution in [3.8, 4) is 0 Å². The van der Waals surface area contributed by atoms with Crippen LogP contribution in [0.2, 0.25) is 0 Å². The van der Waals surface area contributed by atoms with Gasteiger partial charge >= 0.3 is 5.97 Å². The zero-order valence-corrected chi connectivity index (χ0v) is 6.42. The van der Waals surface area contributed by atoms with Crippen LogP contribution in [0.15, 0.2) is 0 Å². The maximum Gasteiger partial charge on any atom is 0.309 e. The molecule has 3 nitrogen and oxygen atoms in total. The second kappa shape index (κ2) is 1.95. The molecule has 2 unspecified atom stereocenters. The number of carboxylic acids is 1. The molecule has 0 aromatic carbocycles. The zero-order valence-electron chi connectivity index (χ0n) is 6.42. The highest BCUT2D eigenvalue weighted by Gasteiger charge is 2.63. The fraction of sp³-hybridized carbons (Fsp3) is 0.857. The van der Waals surface area contributed by atoms with Crippen molar-refractivity contribution in [1.82, 2.24) is 0 Å². The largest absolute Gasteiger partial charge is 0.481 e. The van der Waals surface area contributed by atoms with Gasteiger partial charge in [-0.3, -0.25) is 4.79 Å². The number of ether oxygens (including phenoxy) is 1. The van der Waals surface area contributed by atoms with Gasteiger partial charge in [0.1, 0.15) is 0 Å². The molecule has 3 heteroatoms. The Kier molecular flexibility index (Phi) is 1.47. The summed E-state index contributed by atoms with van der Waals surface area (Å²) >= 11 is 0. The van der Waals surface area contributed by atoms with E-state index in [0.717, 1.165) is 0 Å². The van der Waals surface area contributed by atoms with E-state index < -0.39 is 5.97 Å². The van der Waals surface area contributed by atoms with Crippen molar-refractivity contribution in [1.29, 1.82) is 0 Å². The third kappa shape index (κ3) is 0.814. The van der Waals surface area contributed by atoms with Crippen molar-refractivity contribution in [3.63, 3.8) is 0 Å². The molecule has 2 atom stereocenters. The van der Waals surface area contributed by atoms with Crippen LogP contribution in [0.5, 0.6) is 0 Å². The van der Waals surface area contributed by atoms with Gasteiger partial charge < -0.3 is 9.84 Å². The molecule has 1 aliphatic rings. The summed E-state index contributed by atoms with van der Waals surface area (Å²) in [6, 6.07) is 0. The van der Waals surface area contributed by atoms with Crippen molar-refractivity contribution < 1.29 is 14.6 Å². The van der Waals surface area contributed by atoms with Crippen LogP contribution in [0.4, 0.5) is 0 Å². The third-order valence-corrected chi connectivity index (χ3v) is 2.25. The second-order valence-electron chi connectivity index (χ2n) is 3.29. The molecule has 1 N–H and O–H groups in total. The summed E-state index contributed by atoms with van der Waals surface area (Å²) < 4.78 is 4.97. The zero-order chi connectivity index (χ0) is 7.94. The van der Waals surface area contributed by atoms with Crippen LogP contribution >= 0.6 is 0 Å². The normalized spacial score (nSPS) is 35.5. The molecule has 0 bridgehead atoms. The predicted molar refractivity (Wildman–Crippen MR) is 35.7 cm³/mol. The van der Waals surface area contributed by atoms with E-state index in [-0.39, 0.29) is 17.4 Å². The Morgan fingerprint density at radius 1 is 1.60 bits per heavy atom. The molecular weight excluding hydrogens is 132 g/mol. The van der Waals surface area contributed by atoms with Crippen LogP contribution in [0.25, 0.3) is 0 Å². The van der Waals surface area contributed by atoms with Crippen LogP contribution in [0.3, 0.4) is 0 Å². The maximum absolute atomic E-state index is 10.5. The molecule has 0 aromatic rings. The Labute approximate surface area is 60.0 Å². The first-order chi connectivity index (χ1) is 4.51. The van der Waals surface area contributed by atoms with E-state index in [9.17, 15) is 4.79 Å². The van der Waals surface area contributed by atoms with Gasteiger partial charge in [-0.05, 0) is 0 Å². The van der Waals surface area contributed by atoms with E-state index in [1.807, 2.05) is 13.8 Å². The predicted octanol–water partition coefficient (Wildman–Crippen LogP) is 0.742. The number of aliphatic carboxylic acids is 1. The molecule has 0 radical (unpaired) electrons. The van der Waals surface area contributed by atoms with Crippen LogP contribution in [0.1, 0.15) is 13.8 Å². The summed E-state index contributed by atoms with van der Waals surface area (Å²) in [5.41, 5.74) is -0.166. The van der Waals surface area contributed by atoms with Crippen molar-refractivity contribution >= 4 is 5.97 Å². The molecule has 1 saturated carbocycles. The summed E-state index contributed by atoms with van der Waals surface area (Å²) in [5, 5.41) is 8.61. The van der Waals surface area contributed by atoms with Crippen molar-refractivity contribution in [2.75, 3.05) is 7.11 Å². The molecule has 10 heavy (non-hydrogen) atoms. The molecular formula is C7H12O3. The first-order valence-corrected chi connectivity index (χ1v) is 3.27. The van der Waals surface area contributed by atoms with Gasteiger partial charge in [-0.2, -0.15) is 0 Å². The molecule has 0 spiro atoms. The molecule has 0 saturated heterocycles. The van der Waals surface area contributed by atoms with Gasteiger partial charge in [-0.1, -0.05) is 13.8 Å². The molecule has 1 aliphatic carbocycles.